The van der Waals surface area contributed by atoms with Crippen LogP contribution in [-0.4, -0.2) is 26.9 Å². The predicted octanol–water partition coefficient (Wildman–Crippen LogP) is 3.31. The van der Waals surface area contributed by atoms with E-state index in [1.165, 1.54) is 11.9 Å². The monoisotopic (exact) mass is 247 g/mol. The fraction of sp³-hybridized carbons (Fsp3) is 0.500. The van der Waals surface area contributed by atoms with Crippen LogP contribution in [0.5, 0.6) is 5.75 Å². The van der Waals surface area contributed by atoms with E-state index in [1.54, 1.807) is 26.2 Å². The molecule has 96 valence electrons. The number of benzene rings is 1. The average molecular weight is 247 g/mol. The van der Waals surface area contributed by atoms with Crippen molar-refractivity contribution in [3.8, 4) is 5.75 Å². The third-order valence-electron chi connectivity index (χ3n) is 2.76. The van der Waals surface area contributed by atoms with Gasteiger partial charge < -0.3 is 9.64 Å². The van der Waals surface area contributed by atoms with Gasteiger partial charge in [0.2, 0.25) is 0 Å². The van der Waals surface area contributed by atoms with Crippen molar-refractivity contribution in [2.45, 2.75) is 20.0 Å². The lowest BCUT2D eigenvalue weighted by atomic mass is 10.1. The number of hydrogen-bond acceptors (Lipinski definition) is 2. The first-order chi connectivity index (χ1) is 7.76. The molecule has 0 saturated heterocycles. The fourth-order valence-electron chi connectivity index (χ4n) is 1.77. The van der Waals surface area contributed by atoms with Gasteiger partial charge >= 0.3 is 6.18 Å². The molecule has 0 amide bonds. The van der Waals surface area contributed by atoms with Gasteiger partial charge in [0.1, 0.15) is 12.3 Å². The van der Waals surface area contributed by atoms with Crippen molar-refractivity contribution in [2.24, 2.45) is 0 Å². The van der Waals surface area contributed by atoms with Gasteiger partial charge in [-0.05, 0) is 37.1 Å². The zero-order valence-corrected chi connectivity index (χ0v) is 10.4. The smallest absolute Gasteiger partial charge is 0.405 e. The summed E-state index contributed by atoms with van der Waals surface area (Å²) in [6.45, 7) is 2.67. The van der Waals surface area contributed by atoms with Gasteiger partial charge in [0.15, 0.2) is 0 Å². The molecule has 0 bridgehead atoms. The van der Waals surface area contributed by atoms with Crippen molar-refractivity contribution >= 4 is 5.69 Å². The number of ether oxygens (including phenoxy) is 1. The Morgan fingerprint density at radius 1 is 1.18 bits per heavy atom. The van der Waals surface area contributed by atoms with Crippen molar-refractivity contribution in [3.05, 3.63) is 23.3 Å². The molecule has 0 N–H and O–H groups in total. The minimum atomic E-state index is -4.20. The van der Waals surface area contributed by atoms with Crippen LogP contribution in [0.3, 0.4) is 0 Å². The quantitative estimate of drug-likeness (QED) is 0.812. The zero-order chi connectivity index (χ0) is 13.2. The highest BCUT2D eigenvalue weighted by Gasteiger charge is 2.30. The molecule has 0 aliphatic heterocycles. The molecule has 1 aromatic carbocycles. The first kappa shape index (κ1) is 13.7. The highest BCUT2D eigenvalue weighted by molar-refractivity contribution is 5.59. The molecule has 0 fully saturated rings. The highest BCUT2D eigenvalue weighted by Crippen LogP contribution is 2.30. The van der Waals surface area contributed by atoms with Crippen LogP contribution in [0.4, 0.5) is 18.9 Å². The Morgan fingerprint density at radius 2 is 1.76 bits per heavy atom. The number of hydrogen-bond donors (Lipinski definition) is 0. The molecular formula is C12H16F3NO. The van der Waals surface area contributed by atoms with E-state index in [4.69, 9.17) is 4.74 Å². The molecule has 0 spiro atoms. The van der Waals surface area contributed by atoms with Gasteiger partial charge in [-0.15, -0.1) is 0 Å². The molecule has 0 atom stereocenters. The summed E-state index contributed by atoms with van der Waals surface area (Å²) in [5, 5.41) is 0. The summed E-state index contributed by atoms with van der Waals surface area (Å²) >= 11 is 0. The molecule has 0 aliphatic carbocycles. The first-order valence-electron chi connectivity index (χ1n) is 5.18. The summed E-state index contributed by atoms with van der Waals surface area (Å²) in [4.78, 5) is 1.20. The Balaban J connectivity index is 3.03. The van der Waals surface area contributed by atoms with E-state index < -0.39 is 12.7 Å². The second kappa shape index (κ2) is 4.85. The summed E-state index contributed by atoms with van der Waals surface area (Å²) in [5.41, 5.74) is 2.23. The molecule has 0 radical (unpaired) electrons. The van der Waals surface area contributed by atoms with Gasteiger partial charge in [0.25, 0.3) is 0 Å². The predicted molar refractivity (Wildman–Crippen MR) is 61.8 cm³/mol. The maximum Gasteiger partial charge on any atom is 0.405 e. The van der Waals surface area contributed by atoms with Crippen molar-refractivity contribution in [3.63, 3.8) is 0 Å². The second-order valence-electron chi connectivity index (χ2n) is 4.01. The van der Waals surface area contributed by atoms with E-state index in [9.17, 15) is 13.2 Å². The zero-order valence-electron chi connectivity index (χ0n) is 10.4. The Labute approximate surface area is 99.0 Å². The molecule has 2 nitrogen and oxygen atoms in total. The Morgan fingerprint density at radius 3 is 2.24 bits per heavy atom. The molecule has 0 aromatic heterocycles. The molecule has 17 heavy (non-hydrogen) atoms. The topological polar surface area (TPSA) is 12.5 Å². The first-order valence-corrected chi connectivity index (χ1v) is 5.18. The van der Waals surface area contributed by atoms with Crippen LogP contribution in [0.1, 0.15) is 11.1 Å². The molecule has 1 aromatic rings. The van der Waals surface area contributed by atoms with E-state index in [0.717, 1.165) is 11.1 Å². The molecule has 1 rings (SSSR count). The number of rotatable bonds is 3. The number of alkyl halides is 3. The minimum absolute atomic E-state index is 0.570. The second-order valence-corrected chi connectivity index (χ2v) is 4.01. The largest absolute Gasteiger partial charge is 0.496 e. The van der Waals surface area contributed by atoms with E-state index in [-0.39, 0.29) is 0 Å². The van der Waals surface area contributed by atoms with Gasteiger partial charge in [-0.2, -0.15) is 13.2 Å². The van der Waals surface area contributed by atoms with Crippen molar-refractivity contribution < 1.29 is 17.9 Å². The van der Waals surface area contributed by atoms with E-state index in [2.05, 4.69) is 0 Å². The molecule has 0 unspecified atom stereocenters. The van der Waals surface area contributed by atoms with Gasteiger partial charge in [0, 0.05) is 12.7 Å². The lowest BCUT2D eigenvalue weighted by Crippen LogP contribution is -2.31. The van der Waals surface area contributed by atoms with Crippen LogP contribution in [0.15, 0.2) is 12.1 Å². The summed E-state index contributed by atoms with van der Waals surface area (Å²) in [6.07, 6.45) is -4.20. The number of halogens is 3. The maximum atomic E-state index is 12.3. The van der Waals surface area contributed by atoms with Crippen molar-refractivity contribution in [2.75, 3.05) is 25.6 Å². The third kappa shape index (κ3) is 3.28. The lowest BCUT2D eigenvalue weighted by molar-refractivity contribution is -0.119. The fourth-order valence-corrected chi connectivity index (χ4v) is 1.77. The van der Waals surface area contributed by atoms with Crippen LogP contribution >= 0.6 is 0 Å². The van der Waals surface area contributed by atoms with E-state index in [1.807, 2.05) is 6.92 Å². The normalized spacial score (nSPS) is 11.5. The minimum Gasteiger partial charge on any atom is -0.496 e. The summed E-state index contributed by atoms with van der Waals surface area (Å²) in [6, 6.07) is 3.33. The highest BCUT2D eigenvalue weighted by atomic mass is 19.4. The third-order valence-corrected chi connectivity index (χ3v) is 2.76. The number of nitrogens with zero attached hydrogens (tertiary/aromatic N) is 1. The maximum absolute atomic E-state index is 12.3. The number of methoxy groups -OCH3 is 1. The van der Waals surface area contributed by atoms with Gasteiger partial charge in [-0.3, -0.25) is 0 Å². The van der Waals surface area contributed by atoms with E-state index in [0.29, 0.717) is 11.4 Å². The summed E-state index contributed by atoms with van der Waals surface area (Å²) in [5.74, 6) is 0.687. The van der Waals surface area contributed by atoms with Crippen molar-refractivity contribution in [1.82, 2.24) is 0 Å². The molecule has 0 saturated carbocycles. The SMILES string of the molecule is COc1ccc(N(C)CC(F)(F)F)c(C)c1C. The molecule has 0 aliphatic rings. The number of anilines is 1. The molecule has 5 heteroatoms. The molecule has 0 heterocycles. The Kier molecular flexibility index (Phi) is 3.91. The van der Waals surface area contributed by atoms with Crippen LogP contribution in [-0.2, 0) is 0 Å². The van der Waals surface area contributed by atoms with Crippen molar-refractivity contribution in [1.29, 1.82) is 0 Å². The van der Waals surface area contributed by atoms with Crippen LogP contribution in [0.2, 0.25) is 0 Å². The van der Waals surface area contributed by atoms with Gasteiger partial charge in [-0.1, -0.05) is 0 Å². The summed E-state index contributed by atoms with van der Waals surface area (Å²) < 4.78 is 42.0. The Hall–Kier alpha value is -1.39. The van der Waals surface area contributed by atoms with Crippen LogP contribution in [0.25, 0.3) is 0 Å². The average Bonchev–Trinajstić information content (AvgIpc) is 2.19. The summed E-state index contributed by atoms with van der Waals surface area (Å²) in [7, 11) is 2.97. The van der Waals surface area contributed by atoms with Crippen LogP contribution in [0, 0.1) is 13.8 Å². The lowest BCUT2D eigenvalue weighted by Gasteiger charge is -2.24. The van der Waals surface area contributed by atoms with Gasteiger partial charge in [0.05, 0.1) is 7.11 Å². The standard InChI is InChI=1S/C12H16F3NO/c1-8-9(2)11(17-4)6-5-10(8)16(3)7-12(13,14)15/h5-6H,7H2,1-4H3. The molecular weight excluding hydrogens is 231 g/mol. The Bertz CT molecular complexity index is 401. The van der Waals surface area contributed by atoms with Gasteiger partial charge in [-0.25, -0.2) is 0 Å². The van der Waals surface area contributed by atoms with E-state index >= 15 is 0 Å². The van der Waals surface area contributed by atoms with Crippen LogP contribution < -0.4 is 9.64 Å².